The molecule has 2 rings (SSSR count). The maximum Gasteiger partial charge on any atom is 0.308 e. The van der Waals surface area contributed by atoms with Crippen molar-refractivity contribution in [3.05, 3.63) is 0 Å². The van der Waals surface area contributed by atoms with E-state index in [1.54, 1.807) is 0 Å². The van der Waals surface area contributed by atoms with E-state index < -0.39 is 11.9 Å². The van der Waals surface area contributed by atoms with Crippen LogP contribution in [0.25, 0.3) is 0 Å². The fourth-order valence-corrected chi connectivity index (χ4v) is 3.50. The molecule has 0 bridgehead atoms. The van der Waals surface area contributed by atoms with Crippen LogP contribution in [0.15, 0.2) is 0 Å². The van der Waals surface area contributed by atoms with Crippen molar-refractivity contribution in [3.8, 4) is 0 Å². The Morgan fingerprint density at radius 2 is 1.68 bits per heavy atom. The third kappa shape index (κ3) is 3.28. The minimum Gasteiger partial charge on any atom is -0.481 e. The first-order chi connectivity index (χ1) is 9.03. The van der Waals surface area contributed by atoms with Gasteiger partial charge < -0.3 is 10.4 Å². The van der Waals surface area contributed by atoms with Gasteiger partial charge in [0.25, 0.3) is 0 Å². The lowest BCUT2D eigenvalue weighted by molar-refractivity contribution is -0.143. The monoisotopic (exact) mass is 267 g/mol. The smallest absolute Gasteiger partial charge is 0.308 e. The van der Waals surface area contributed by atoms with Gasteiger partial charge in [-0.15, -0.1) is 0 Å². The zero-order valence-electron chi connectivity index (χ0n) is 11.8. The Morgan fingerprint density at radius 3 is 2.32 bits per heavy atom. The molecule has 4 heteroatoms. The van der Waals surface area contributed by atoms with Crippen LogP contribution in [-0.2, 0) is 9.59 Å². The van der Waals surface area contributed by atoms with E-state index >= 15 is 0 Å². The second kappa shape index (κ2) is 5.93. The molecular weight excluding hydrogens is 242 g/mol. The summed E-state index contributed by atoms with van der Waals surface area (Å²) >= 11 is 0. The molecule has 0 radical (unpaired) electrons. The Morgan fingerprint density at radius 1 is 1.05 bits per heavy atom. The van der Waals surface area contributed by atoms with E-state index in [4.69, 9.17) is 0 Å². The number of carbonyl (C=O) groups is 2. The van der Waals surface area contributed by atoms with Crippen LogP contribution >= 0.6 is 0 Å². The summed E-state index contributed by atoms with van der Waals surface area (Å²) in [6, 6.07) is -0.176. The summed E-state index contributed by atoms with van der Waals surface area (Å²) < 4.78 is 0. The van der Waals surface area contributed by atoms with Crippen molar-refractivity contribution < 1.29 is 14.7 Å². The molecule has 0 aromatic carbocycles. The number of carboxylic acids is 1. The first kappa shape index (κ1) is 14.4. The number of nitrogens with one attached hydrogen (secondary N) is 1. The summed E-state index contributed by atoms with van der Waals surface area (Å²) in [6.07, 6.45) is 8.63. The quantitative estimate of drug-likeness (QED) is 0.773. The van der Waals surface area contributed by atoms with Crippen molar-refractivity contribution in [1.82, 2.24) is 5.32 Å². The Bertz CT molecular complexity index is 347. The van der Waals surface area contributed by atoms with Crippen LogP contribution in [0.1, 0.15) is 64.7 Å². The number of amides is 1. The molecule has 0 aromatic heterocycles. The van der Waals surface area contributed by atoms with Gasteiger partial charge >= 0.3 is 5.97 Å². The van der Waals surface area contributed by atoms with Gasteiger partial charge in [-0.3, -0.25) is 9.59 Å². The minimum atomic E-state index is -0.760. The van der Waals surface area contributed by atoms with Gasteiger partial charge in [0.15, 0.2) is 0 Å². The molecular formula is C15H25NO3. The molecule has 0 heterocycles. The molecule has 0 aliphatic heterocycles. The highest BCUT2D eigenvalue weighted by Crippen LogP contribution is 2.38. The molecule has 4 nitrogen and oxygen atoms in total. The van der Waals surface area contributed by atoms with E-state index in [0.29, 0.717) is 6.42 Å². The second-order valence-electron chi connectivity index (χ2n) is 6.43. The van der Waals surface area contributed by atoms with E-state index in [2.05, 4.69) is 5.32 Å². The lowest BCUT2D eigenvalue weighted by Gasteiger charge is -2.29. The Labute approximate surface area is 115 Å². The highest BCUT2D eigenvalue weighted by Gasteiger charge is 2.39. The Hall–Kier alpha value is -1.06. The van der Waals surface area contributed by atoms with Crippen molar-refractivity contribution >= 4 is 11.9 Å². The summed E-state index contributed by atoms with van der Waals surface area (Å²) in [5, 5.41) is 12.4. The third-order valence-corrected chi connectivity index (χ3v) is 4.90. The number of hydrogen-bond donors (Lipinski definition) is 2. The predicted octanol–water partition coefficient (Wildman–Crippen LogP) is 2.72. The van der Waals surface area contributed by atoms with Crippen LogP contribution in [0.4, 0.5) is 0 Å². The molecule has 2 aliphatic rings. The molecule has 2 fully saturated rings. The van der Waals surface area contributed by atoms with E-state index in [0.717, 1.165) is 51.4 Å². The lowest BCUT2D eigenvalue weighted by atomic mass is 9.86. The normalized spacial score (nSPS) is 30.6. The van der Waals surface area contributed by atoms with Crippen molar-refractivity contribution in [2.75, 3.05) is 0 Å². The van der Waals surface area contributed by atoms with Gasteiger partial charge in [-0.2, -0.15) is 0 Å². The zero-order valence-corrected chi connectivity index (χ0v) is 11.8. The van der Waals surface area contributed by atoms with E-state index in [-0.39, 0.29) is 17.4 Å². The van der Waals surface area contributed by atoms with E-state index in [1.807, 2.05) is 6.92 Å². The molecule has 2 saturated carbocycles. The molecule has 2 aliphatic carbocycles. The number of rotatable bonds is 3. The van der Waals surface area contributed by atoms with Crippen LogP contribution in [0.2, 0.25) is 0 Å². The predicted molar refractivity (Wildman–Crippen MR) is 72.7 cm³/mol. The zero-order chi connectivity index (χ0) is 13.9. The fourth-order valence-electron chi connectivity index (χ4n) is 3.50. The first-order valence-electron chi connectivity index (χ1n) is 7.57. The van der Waals surface area contributed by atoms with E-state index in [1.165, 1.54) is 0 Å². The molecule has 108 valence electrons. The summed E-state index contributed by atoms with van der Waals surface area (Å²) in [5.74, 6) is -1.09. The third-order valence-electron chi connectivity index (χ3n) is 4.90. The maximum atomic E-state index is 12.4. The SMILES string of the molecule is CC1(C(=O)NC2CCCCCC2C(=O)O)CCCC1. The summed E-state index contributed by atoms with van der Waals surface area (Å²) in [6.45, 7) is 2.02. The van der Waals surface area contributed by atoms with Gasteiger partial charge in [-0.1, -0.05) is 39.0 Å². The number of aliphatic carboxylic acids is 1. The van der Waals surface area contributed by atoms with Gasteiger partial charge in [0.2, 0.25) is 5.91 Å². The van der Waals surface area contributed by atoms with Crippen LogP contribution in [-0.4, -0.2) is 23.0 Å². The largest absolute Gasteiger partial charge is 0.481 e. The topological polar surface area (TPSA) is 66.4 Å². The van der Waals surface area contributed by atoms with Crippen LogP contribution in [0.5, 0.6) is 0 Å². The highest BCUT2D eigenvalue weighted by atomic mass is 16.4. The summed E-state index contributed by atoms with van der Waals surface area (Å²) in [5.41, 5.74) is -0.268. The van der Waals surface area contributed by atoms with Gasteiger partial charge in [-0.05, 0) is 25.7 Å². The molecule has 2 unspecified atom stereocenters. The first-order valence-corrected chi connectivity index (χ1v) is 7.57. The minimum absolute atomic E-state index is 0.0724. The molecule has 19 heavy (non-hydrogen) atoms. The molecule has 2 atom stereocenters. The van der Waals surface area contributed by atoms with Crippen LogP contribution in [0.3, 0.4) is 0 Å². The number of carbonyl (C=O) groups excluding carboxylic acids is 1. The Balaban J connectivity index is 2.02. The molecule has 1 amide bonds. The summed E-state index contributed by atoms with van der Waals surface area (Å²) in [7, 11) is 0. The molecule has 0 aromatic rings. The van der Waals surface area contributed by atoms with Gasteiger partial charge in [0.05, 0.1) is 5.92 Å². The van der Waals surface area contributed by atoms with Crippen molar-refractivity contribution in [1.29, 1.82) is 0 Å². The number of hydrogen-bond acceptors (Lipinski definition) is 2. The van der Waals surface area contributed by atoms with Gasteiger partial charge in [0.1, 0.15) is 0 Å². The van der Waals surface area contributed by atoms with Crippen molar-refractivity contribution in [3.63, 3.8) is 0 Å². The van der Waals surface area contributed by atoms with E-state index in [9.17, 15) is 14.7 Å². The highest BCUT2D eigenvalue weighted by molar-refractivity contribution is 5.83. The second-order valence-corrected chi connectivity index (χ2v) is 6.43. The van der Waals surface area contributed by atoms with Crippen molar-refractivity contribution in [2.24, 2.45) is 11.3 Å². The average Bonchev–Trinajstić information content (AvgIpc) is 2.68. The van der Waals surface area contributed by atoms with Gasteiger partial charge in [0, 0.05) is 11.5 Å². The maximum absolute atomic E-state index is 12.4. The summed E-state index contributed by atoms with van der Waals surface area (Å²) in [4.78, 5) is 23.8. The molecule has 0 spiro atoms. The van der Waals surface area contributed by atoms with Gasteiger partial charge in [-0.25, -0.2) is 0 Å². The Kier molecular flexibility index (Phi) is 4.48. The van der Waals surface area contributed by atoms with Crippen molar-refractivity contribution in [2.45, 2.75) is 70.8 Å². The van der Waals surface area contributed by atoms with Crippen LogP contribution in [0, 0.1) is 11.3 Å². The fraction of sp³-hybridized carbons (Fsp3) is 0.867. The molecule has 2 N–H and O–H groups in total. The lowest BCUT2D eigenvalue weighted by Crippen LogP contribution is -2.47. The average molecular weight is 267 g/mol. The molecule has 0 saturated heterocycles. The van der Waals surface area contributed by atoms with Crippen LogP contribution < -0.4 is 5.32 Å². The standard InChI is InChI=1S/C15H25NO3/c1-15(9-5-6-10-15)14(19)16-12-8-4-2-3-7-11(12)13(17)18/h11-12H,2-10H2,1H3,(H,16,19)(H,17,18). The number of carboxylic acid groups (broad SMARTS) is 1.